The molecule has 0 bridgehead atoms. The van der Waals surface area contributed by atoms with Gasteiger partial charge in [0.05, 0.1) is 12.1 Å². The van der Waals surface area contributed by atoms with E-state index in [0.29, 0.717) is 30.5 Å². The van der Waals surface area contributed by atoms with E-state index in [1.165, 1.54) is 0 Å². The molecule has 0 spiro atoms. The monoisotopic (exact) mass is 305 g/mol. The van der Waals surface area contributed by atoms with Crippen LogP contribution in [0.4, 0.5) is 5.69 Å². The summed E-state index contributed by atoms with van der Waals surface area (Å²) in [5.41, 5.74) is 1.98. The van der Waals surface area contributed by atoms with Crippen LogP contribution < -0.4 is 19.5 Å². The number of benzene rings is 2. The number of hydrogen-bond acceptors (Lipinski definition) is 4. The lowest BCUT2D eigenvalue weighted by Gasteiger charge is -2.21. The second kappa shape index (κ2) is 6.14. The van der Waals surface area contributed by atoms with Crippen LogP contribution in [-0.4, -0.2) is 20.3 Å². The standard InChI is InChI=1S/C16H16ClNO3/c1-19-14-6-5-12(9-13(14)17)18-10-11-3-2-4-15-16(11)21-8-7-20-15/h2-6,9,18H,7-8,10H2,1H3. The molecular formula is C16H16ClNO3. The van der Waals surface area contributed by atoms with Crippen molar-refractivity contribution in [1.82, 2.24) is 0 Å². The normalized spacial score (nSPS) is 12.9. The van der Waals surface area contributed by atoms with Crippen molar-refractivity contribution in [2.75, 3.05) is 25.6 Å². The molecule has 0 aromatic heterocycles. The Balaban J connectivity index is 1.75. The second-order valence-electron chi connectivity index (χ2n) is 4.64. The van der Waals surface area contributed by atoms with Gasteiger partial charge < -0.3 is 19.5 Å². The molecule has 0 atom stereocenters. The number of hydrogen-bond donors (Lipinski definition) is 1. The Kier molecular flexibility index (Phi) is 4.06. The molecule has 1 aliphatic rings. The van der Waals surface area contributed by atoms with Gasteiger partial charge in [-0.15, -0.1) is 0 Å². The van der Waals surface area contributed by atoms with Gasteiger partial charge in [0.25, 0.3) is 0 Å². The van der Waals surface area contributed by atoms with Gasteiger partial charge in [0.15, 0.2) is 11.5 Å². The third-order valence-electron chi connectivity index (χ3n) is 3.28. The van der Waals surface area contributed by atoms with Crippen molar-refractivity contribution in [3.63, 3.8) is 0 Å². The molecule has 0 aliphatic carbocycles. The quantitative estimate of drug-likeness (QED) is 0.934. The Morgan fingerprint density at radius 3 is 2.86 bits per heavy atom. The van der Waals surface area contributed by atoms with Crippen molar-refractivity contribution in [3.8, 4) is 17.2 Å². The Labute approximate surface area is 128 Å². The first-order valence-electron chi connectivity index (χ1n) is 6.73. The molecular weight excluding hydrogens is 290 g/mol. The average Bonchev–Trinajstić information content (AvgIpc) is 2.53. The number of fused-ring (bicyclic) bond motifs is 1. The molecule has 2 aromatic rings. The van der Waals surface area contributed by atoms with E-state index in [-0.39, 0.29) is 0 Å². The van der Waals surface area contributed by atoms with Gasteiger partial charge in [-0.25, -0.2) is 0 Å². The lowest BCUT2D eigenvalue weighted by atomic mass is 10.1. The lowest BCUT2D eigenvalue weighted by Crippen LogP contribution is -2.17. The SMILES string of the molecule is COc1ccc(NCc2cccc3c2OCCO3)cc1Cl. The van der Waals surface area contributed by atoms with Crippen LogP contribution >= 0.6 is 11.6 Å². The van der Waals surface area contributed by atoms with E-state index in [2.05, 4.69) is 5.32 Å². The minimum Gasteiger partial charge on any atom is -0.495 e. The third-order valence-corrected chi connectivity index (χ3v) is 3.58. The predicted molar refractivity (Wildman–Crippen MR) is 82.8 cm³/mol. The fourth-order valence-corrected chi connectivity index (χ4v) is 2.50. The van der Waals surface area contributed by atoms with Crippen LogP contribution in [-0.2, 0) is 6.54 Å². The molecule has 110 valence electrons. The average molecular weight is 306 g/mol. The smallest absolute Gasteiger partial charge is 0.166 e. The van der Waals surface area contributed by atoms with Crippen molar-refractivity contribution in [1.29, 1.82) is 0 Å². The van der Waals surface area contributed by atoms with Gasteiger partial charge in [-0.1, -0.05) is 23.7 Å². The van der Waals surface area contributed by atoms with Crippen molar-refractivity contribution in [3.05, 3.63) is 47.0 Å². The van der Waals surface area contributed by atoms with Crippen molar-refractivity contribution < 1.29 is 14.2 Å². The Bertz CT molecular complexity index is 645. The lowest BCUT2D eigenvalue weighted by molar-refractivity contribution is 0.170. The van der Waals surface area contributed by atoms with E-state index in [1.54, 1.807) is 7.11 Å². The van der Waals surface area contributed by atoms with Crippen LogP contribution in [0.25, 0.3) is 0 Å². The summed E-state index contributed by atoms with van der Waals surface area (Å²) in [6.45, 7) is 1.81. The molecule has 0 fully saturated rings. The molecule has 1 N–H and O–H groups in total. The van der Waals surface area contributed by atoms with Gasteiger partial charge >= 0.3 is 0 Å². The van der Waals surface area contributed by atoms with Gasteiger partial charge in [0, 0.05) is 17.8 Å². The number of anilines is 1. The van der Waals surface area contributed by atoms with E-state index >= 15 is 0 Å². The number of ether oxygens (including phenoxy) is 3. The fraction of sp³-hybridized carbons (Fsp3) is 0.250. The first-order valence-corrected chi connectivity index (χ1v) is 7.10. The van der Waals surface area contributed by atoms with Crippen molar-refractivity contribution in [2.45, 2.75) is 6.54 Å². The maximum atomic E-state index is 6.12. The van der Waals surface area contributed by atoms with E-state index in [4.69, 9.17) is 25.8 Å². The third kappa shape index (κ3) is 3.00. The molecule has 21 heavy (non-hydrogen) atoms. The first kappa shape index (κ1) is 13.9. The molecule has 1 aliphatic heterocycles. The van der Waals surface area contributed by atoms with E-state index in [1.807, 2.05) is 36.4 Å². The highest BCUT2D eigenvalue weighted by atomic mass is 35.5. The molecule has 2 aromatic carbocycles. The Morgan fingerprint density at radius 2 is 2.05 bits per heavy atom. The largest absolute Gasteiger partial charge is 0.495 e. The molecule has 1 heterocycles. The van der Waals surface area contributed by atoms with E-state index in [9.17, 15) is 0 Å². The van der Waals surface area contributed by atoms with Crippen LogP contribution in [0.5, 0.6) is 17.2 Å². The molecule has 0 radical (unpaired) electrons. The number of rotatable bonds is 4. The highest BCUT2D eigenvalue weighted by molar-refractivity contribution is 6.32. The molecule has 0 amide bonds. The van der Waals surface area contributed by atoms with Crippen LogP contribution in [0.2, 0.25) is 5.02 Å². The van der Waals surface area contributed by atoms with Gasteiger partial charge in [0.2, 0.25) is 0 Å². The Morgan fingerprint density at radius 1 is 1.19 bits per heavy atom. The molecule has 3 rings (SSSR count). The highest BCUT2D eigenvalue weighted by Crippen LogP contribution is 2.34. The number of halogens is 1. The summed E-state index contributed by atoms with van der Waals surface area (Å²) in [6, 6.07) is 11.5. The molecule has 0 unspecified atom stereocenters. The first-order chi connectivity index (χ1) is 10.3. The minimum atomic E-state index is 0.581. The number of nitrogens with one attached hydrogen (secondary N) is 1. The summed E-state index contributed by atoms with van der Waals surface area (Å²) in [5.74, 6) is 2.28. The van der Waals surface area contributed by atoms with Gasteiger partial charge in [-0.2, -0.15) is 0 Å². The maximum absolute atomic E-state index is 6.12. The molecule has 0 saturated carbocycles. The molecule has 4 nitrogen and oxygen atoms in total. The van der Waals surface area contributed by atoms with Crippen LogP contribution in [0, 0.1) is 0 Å². The molecule has 5 heteroatoms. The number of para-hydroxylation sites is 1. The topological polar surface area (TPSA) is 39.7 Å². The van der Waals surface area contributed by atoms with Gasteiger partial charge in [0.1, 0.15) is 19.0 Å². The van der Waals surface area contributed by atoms with Crippen LogP contribution in [0.3, 0.4) is 0 Å². The van der Waals surface area contributed by atoms with Crippen LogP contribution in [0.15, 0.2) is 36.4 Å². The summed E-state index contributed by atoms with van der Waals surface area (Å²) in [7, 11) is 1.60. The Hall–Kier alpha value is -2.07. The summed E-state index contributed by atoms with van der Waals surface area (Å²) < 4.78 is 16.4. The second-order valence-corrected chi connectivity index (χ2v) is 5.05. The van der Waals surface area contributed by atoms with Gasteiger partial charge in [-0.3, -0.25) is 0 Å². The van der Waals surface area contributed by atoms with Gasteiger partial charge in [-0.05, 0) is 24.3 Å². The summed E-state index contributed by atoms with van der Waals surface area (Å²) in [6.07, 6.45) is 0. The summed E-state index contributed by atoms with van der Waals surface area (Å²) >= 11 is 6.12. The highest BCUT2D eigenvalue weighted by Gasteiger charge is 2.15. The molecule has 0 saturated heterocycles. The fourth-order valence-electron chi connectivity index (χ4n) is 2.25. The zero-order valence-corrected chi connectivity index (χ0v) is 12.4. The van der Waals surface area contributed by atoms with E-state index in [0.717, 1.165) is 22.7 Å². The maximum Gasteiger partial charge on any atom is 0.166 e. The van der Waals surface area contributed by atoms with Crippen molar-refractivity contribution in [2.24, 2.45) is 0 Å². The van der Waals surface area contributed by atoms with Crippen molar-refractivity contribution >= 4 is 17.3 Å². The summed E-state index contributed by atoms with van der Waals surface area (Å²) in [4.78, 5) is 0. The minimum absolute atomic E-state index is 0.581. The zero-order valence-electron chi connectivity index (χ0n) is 11.7. The summed E-state index contributed by atoms with van der Waals surface area (Å²) in [5, 5.41) is 3.91. The number of methoxy groups -OCH3 is 1. The van der Waals surface area contributed by atoms with E-state index < -0.39 is 0 Å². The predicted octanol–water partition coefficient (Wildman–Crippen LogP) is 3.73. The zero-order chi connectivity index (χ0) is 14.7. The van der Waals surface area contributed by atoms with Crippen LogP contribution in [0.1, 0.15) is 5.56 Å².